The first-order valence-electron chi connectivity index (χ1n) is 8.56. The van der Waals surface area contributed by atoms with E-state index in [1.165, 1.54) is 6.07 Å². The highest BCUT2D eigenvalue weighted by atomic mass is 19.1. The Hall–Kier alpha value is -2.69. The van der Waals surface area contributed by atoms with Crippen LogP contribution in [0.5, 0.6) is 0 Å². The van der Waals surface area contributed by atoms with E-state index >= 15 is 0 Å². The molecule has 25 heavy (non-hydrogen) atoms. The molecule has 2 aromatic carbocycles. The fourth-order valence-electron chi connectivity index (χ4n) is 2.73. The molecule has 130 valence electrons. The first-order valence-corrected chi connectivity index (χ1v) is 8.56. The molecule has 0 bridgehead atoms. The van der Waals surface area contributed by atoms with Gasteiger partial charge in [-0.3, -0.25) is 9.59 Å². The molecule has 3 rings (SSSR count). The van der Waals surface area contributed by atoms with Gasteiger partial charge in [0.25, 0.3) is 5.91 Å². The van der Waals surface area contributed by atoms with E-state index in [0.29, 0.717) is 29.8 Å². The van der Waals surface area contributed by atoms with Crippen LogP contribution >= 0.6 is 0 Å². The van der Waals surface area contributed by atoms with E-state index in [-0.39, 0.29) is 23.5 Å². The van der Waals surface area contributed by atoms with Crippen molar-refractivity contribution < 1.29 is 14.0 Å². The molecule has 2 aromatic rings. The van der Waals surface area contributed by atoms with Gasteiger partial charge in [0.2, 0.25) is 5.91 Å². The quantitative estimate of drug-likeness (QED) is 0.845. The van der Waals surface area contributed by atoms with E-state index in [2.05, 4.69) is 10.6 Å². The minimum atomic E-state index is -0.261. The fourth-order valence-corrected chi connectivity index (χ4v) is 2.73. The molecular weight excluding hydrogens is 319 g/mol. The van der Waals surface area contributed by atoms with Gasteiger partial charge < -0.3 is 10.6 Å². The number of hydrogen-bond acceptors (Lipinski definition) is 2. The Morgan fingerprint density at radius 1 is 1.04 bits per heavy atom. The molecule has 5 heteroatoms. The maximum absolute atomic E-state index is 13.5. The number of nitrogens with one attached hydrogen (secondary N) is 2. The normalized spacial score (nSPS) is 13.8. The van der Waals surface area contributed by atoms with E-state index in [0.717, 1.165) is 19.3 Å². The topological polar surface area (TPSA) is 58.2 Å². The second-order valence-electron chi connectivity index (χ2n) is 6.29. The molecule has 0 spiro atoms. The fraction of sp³-hybridized carbons (Fsp3) is 0.300. The Morgan fingerprint density at radius 3 is 2.40 bits per heavy atom. The molecule has 0 radical (unpaired) electrons. The number of halogens is 1. The van der Waals surface area contributed by atoms with Crippen LogP contribution in [0.25, 0.3) is 0 Å². The molecule has 1 fully saturated rings. The minimum absolute atomic E-state index is 0.0494. The molecule has 1 aliphatic carbocycles. The second-order valence-corrected chi connectivity index (χ2v) is 6.29. The first-order chi connectivity index (χ1) is 12.1. The van der Waals surface area contributed by atoms with Crippen LogP contribution in [0.2, 0.25) is 0 Å². The van der Waals surface area contributed by atoms with Crippen molar-refractivity contribution in [2.75, 3.05) is 11.9 Å². The Bertz CT molecular complexity index is 755. The summed E-state index contributed by atoms with van der Waals surface area (Å²) in [5, 5.41) is 5.65. The van der Waals surface area contributed by atoms with Crippen molar-refractivity contribution in [1.82, 2.24) is 5.32 Å². The Morgan fingerprint density at radius 2 is 1.76 bits per heavy atom. The molecule has 1 aliphatic rings. The predicted octanol–water partition coefficient (Wildman–Crippen LogP) is 3.54. The lowest BCUT2D eigenvalue weighted by atomic mass is 9.85. The molecule has 1 saturated carbocycles. The van der Waals surface area contributed by atoms with E-state index in [9.17, 15) is 14.0 Å². The lowest BCUT2D eigenvalue weighted by molar-refractivity contribution is -0.122. The van der Waals surface area contributed by atoms with Crippen molar-refractivity contribution in [2.24, 2.45) is 5.92 Å². The SMILES string of the molecule is O=C(NCCc1ccccc1F)c1ccc(NC(=O)C2CCC2)cc1. The van der Waals surface area contributed by atoms with Gasteiger partial charge in [0, 0.05) is 23.7 Å². The van der Waals surface area contributed by atoms with E-state index in [1.807, 2.05) is 0 Å². The molecule has 0 saturated heterocycles. The van der Waals surface area contributed by atoms with E-state index in [1.54, 1.807) is 42.5 Å². The van der Waals surface area contributed by atoms with Crippen molar-refractivity contribution in [3.05, 3.63) is 65.5 Å². The third kappa shape index (κ3) is 4.44. The number of amides is 2. The van der Waals surface area contributed by atoms with Gasteiger partial charge in [-0.1, -0.05) is 24.6 Å². The predicted molar refractivity (Wildman–Crippen MR) is 94.8 cm³/mol. The summed E-state index contributed by atoms with van der Waals surface area (Å²) < 4.78 is 13.5. The van der Waals surface area contributed by atoms with Crippen molar-refractivity contribution in [3.63, 3.8) is 0 Å². The van der Waals surface area contributed by atoms with Gasteiger partial charge in [0.05, 0.1) is 0 Å². The van der Waals surface area contributed by atoms with Crippen LogP contribution in [0.1, 0.15) is 35.2 Å². The summed E-state index contributed by atoms with van der Waals surface area (Å²) in [6.45, 7) is 0.361. The molecule has 0 atom stereocenters. The average molecular weight is 340 g/mol. The van der Waals surface area contributed by atoms with Crippen LogP contribution in [-0.2, 0) is 11.2 Å². The number of carbonyl (C=O) groups excluding carboxylic acids is 2. The smallest absolute Gasteiger partial charge is 0.251 e. The third-order valence-corrected chi connectivity index (χ3v) is 4.53. The van der Waals surface area contributed by atoms with Crippen LogP contribution in [0.3, 0.4) is 0 Å². The summed E-state index contributed by atoms with van der Waals surface area (Å²) in [7, 11) is 0. The van der Waals surface area contributed by atoms with Crippen LogP contribution in [0.4, 0.5) is 10.1 Å². The highest BCUT2D eigenvalue weighted by Crippen LogP contribution is 2.27. The van der Waals surface area contributed by atoms with Gasteiger partial charge in [-0.05, 0) is 55.2 Å². The number of benzene rings is 2. The highest BCUT2D eigenvalue weighted by Gasteiger charge is 2.25. The van der Waals surface area contributed by atoms with Gasteiger partial charge in [0.15, 0.2) is 0 Å². The zero-order valence-electron chi connectivity index (χ0n) is 13.9. The maximum atomic E-state index is 13.5. The van der Waals surface area contributed by atoms with Crippen molar-refractivity contribution in [2.45, 2.75) is 25.7 Å². The standard InChI is InChI=1S/C20H21FN2O2/c21-18-7-2-1-4-14(18)12-13-22-19(24)16-8-10-17(11-9-16)23-20(25)15-5-3-6-15/h1-2,4,7-11,15H,3,5-6,12-13H2,(H,22,24)(H,23,25). The van der Waals surface area contributed by atoms with Crippen molar-refractivity contribution in [3.8, 4) is 0 Å². The third-order valence-electron chi connectivity index (χ3n) is 4.53. The van der Waals surface area contributed by atoms with Gasteiger partial charge >= 0.3 is 0 Å². The largest absolute Gasteiger partial charge is 0.352 e. The molecule has 0 unspecified atom stereocenters. The monoisotopic (exact) mass is 340 g/mol. The van der Waals surface area contributed by atoms with Crippen LogP contribution < -0.4 is 10.6 Å². The van der Waals surface area contributed by atoms with Gasteiger partial charge in [-0.25, -0.2) is 4.39 Å². The Balaban J connectivity index is 1.48. The molecular formula is C20H21FN2O2. The van der Waals surface area contributed by atoms with Crippen LogP contribution in [0.15, 0.2) is 48.5 Å². The van der Waals surface area contributed by atoms with Gasteiger partial charge in [0.1, 0.15) is 5.82 Å². The van der Waals surface area contributed by atoms with Crippen LogP contribution in [-0.4, -0.2) is 18.4 Å². The van der Waals surface area contributed by atoms with Crippen molar-refractivity contribution >= 4 is 17.5 Å². The number of hydrogen-bond donors (Lipinski definition) is 2. The number of rotatable bonds is 6. The molecule has 0 aromatic heterocycles. The lowest BCUT2D eigenvalue weighted by Gasteiger charge is -2.24. The summed E-state index contributed by atoms with van der Waals surface area (Å²) in [5.74, 6) is -0.300. The molecule has 2 N–H and O–H groups in total. The highest BCUT2D eigenvalue weighted by molar-refractivity contribution is 5.96. The van der Waals surface area contributed by atoms with Gasteiger partial charge in [-0.2, -0.15) is 0 Å². The molecule has 4 nitrogen and oxygen atoms in total. The zero-order valence-corrected chi connectivity index (χ0v) is 13.9. The Labute approximate surface area is 146 Å². The molecule has 2 amide bonds. The summed E-state index contributed by atoms with van der Waals surface area (Å²) in [6, 6.07) is 13.3. The van der Waals surface area contributed by atoms with E-state index < -0.39 is 0 Å². The second kappa shape index (κ2) is 7.92. The van der Waals surface area contributed by atoms with Crippen LogP contribution in [0, 0.1) is 11.7 Å². The summed E-state index contributed by atoms with van der Waals surface area (Å²) in [6.07, 6.45) is 3.46. The summed E-state index contributed by atoms with van der Waals surface area (Å²) in [5.41, 5.74) is 1.78. The van der Waals surface area contributed by atoms with Crippen molar-refractivity contribution in [1.29, 1.82) is 0 Å². The average Bonchev–Trinajstić information content (AvgIpc) is 2.55. The number of carbonyl (C=O) groups is 2. The molecule has 0 heterocycles. The number of anilines is 1. The first kappa shape index (κ1) is 17.1. The molecule has 0 aliphatic heterocycles. The maximum Gasteiger partial charge on any atom is 0.251 e. The summed E-state index contributed by atoms with van der Waals surface area (Å²) >= 11 is 0. The Kier molecular flexibility index (Phi) is 5.43. The van der Waals surface area contributed by atoms with Gasteiger partial charge in [-0.15, -0.1) is 0 Å². The zero-order chi connectivity index (χ0) is 17.6. The lowest BCUT2D eigenvalue weighted by Crippen LogP contribution is -2.28. The minimum Gasteiger partial charge on any atom is -0.352 e. The van der Waals surface area contributed by atoms with E-state index in [4.69, 9.17) is 0 Å². The summed E-state index contributed by atoms with van der Waals surface area (Å²) in [4.78, 5) is 24.0.